The van der Waals surface area contributed by atoms with E-state index in [0.29, 0.717) is 10.7 Å². The zero-order valence-electron chi connectivity index (χ0n) is 13.9. The summed E-state index contributed by atoms with van der Waals surface area (Å²) in [6.45, 7) is 6.41. The van der Waals surface area contributed by atoms with Crippen molar-refractivity contribution in [2.75, 3.05) is 5.32 Å². The topological polar surface area (TPSA) is 52.9 Å². The van der Waals surface area contributed by atoms with E-state index in [1.807, 2.05) is 30.3 Å². The Hall–Kier alpha value is -2.57. The van der Waals surface area contributed by atoms with Crippen LogP contribution in [0.5, 0.6) is 0 Å². The van der Waals surface area contributed by atoms with Crippen LogP contribution >= 0.6 is 11.6 Å². The van der Waals surface area contributed by atoms with Crippen molar-refractivity contribution in [3.8, 4) is 6.07 Å². The van der Waals surface area contributed by atoms with Gasteiger partial charge in [0.05, 0.1) is 0 Å². The molecule has 0 bridgehead atoms. The number of hydrogen-bond acceptors (Lipinski definition) is 2. The second-order valence-electron chi connectivity index (χ2n) is 6.51. The van der Waals surface area contributed by atoms with Crippen LogP contribution in [-0.4, -0.2) is 5.91 Å². The molecule has 4 heteroatoms. The first kappa shape index (κ1) is 17.8. The molecule has 0 saturated heterocycles. The van der Waals surface area contributed by atoms with Gasteiger partial charge in [-0.2, -0.15) is 5.26 Å². The molecule has 0 fully saturated rings. The Morgan fingerprint density at radius 1 is 1.17 bits per heavy atom. The third-order valence-corrected chi connectivity index (χ3v) is 3.77. The molecule has 3 nitrogen and oxygen atoms in total. The number of halogens is 1. The highest BCUT2D eigenvalue weighted by molar-refractivity contribution is 6.31. The van der Waals surface area contributed by atoms with Gasteiger partial charge >= 0.3 is 0 Å². The summed E-state index contributed by atoms with van der Waals surface area (Å²) >= 11 is 5.89. The van der Waals surface area contributed by atoms with E-state index in [1.54, 1.807) is 30.3 Å². The van der Waals surface area contributed by atoms with E-state index in [1.165, 1.54) is 5.56 Å². The lowest BCUT2D eigenvalue weighted by molar-refractivity contribution is -0.112. The van der Waals surface area contributed by atoms with Gasteiger partial charge in [0.2, 0.25) is 0 Å². The Labute approximate surface area is 147 Å². The Bertz CT molecular complexity index is 809. The minimum Gasteiger partial charge on any atom is -0.321 e. The SMILES string of the molecule is CC(C)(C)c1ccc(C=C(C#N)C(=O)Nc2cccc(Cl)c2)cc1. The van der Waals surface area contributed by atoms with Gasteiger partial charge in [-0.05, 0) is 40.8 Å². The number of nitriles is 1. The Kier molecular flexibility index (Phi) is 5.43. The zero-order valence-corrected chi connectivity index (χ0v) is 14.7. The van der Waals surface area contributed by atoms with Crippen LogP contribution in [0.4, 0.5) is 5.69 Å². The molecule has 1 amide bonds. The first-order valence-corrected chi connectivity index (χ1v) is 7.96. The average molecular weight is 339 g/mol. The maximum absolute atomic E-state index is 12.2. The molecule has 0 radical (unpaired) electrons. The largest absolute Gasteiger partial charge is 0.321 e. The summed E-state index contributed by atoms with van der Waals surface area (Å²) in [5.41, 5.74) is 2.65. The van der Waals surface area contributed by atoms with E-state index < -0.39 is 5.91 Å². The Morgan fingerprint density at radius 2 is 1.83 bits per heavy atom. The Balaban J connectivity index is 2.19. The van der Waals surface area contributed by atoms with Crippen molar-refractivity contribution in [3.63, 3.8) is 0 Å². The van der Waals surface area contributed by atoms with Gasteiger partial charge in [-0.1, -0.05) is 62.7 Å². The third kappa shape index (κ3) is 4.71. The predicted molar refractivity (Wildman–Crippen MR) is 98.8 cm³/mol. The summed E-state index contributed by atoms with van der Waals surface area (Å²) < 4.78 is 0. The summed E-state index contributed by atoms with van der Waals surface area (Å²) in [6, 6.07) is 16.6. The molecule has 122 valence electrons. The number of rotatable bonds is 3. The van der Waals surface area contributed by atoms with Crippen molar-refractivity contribution in [1.82, 2.24) is 0 Å². The van der Waals surface area contributed by atoms with Gasteiger partial charge in [0.1, 0.15) is 11.6 Å². The fourth-order valence-electron chi connectivity index (χ4n) is 2.16. The average Bonchev–Trinajstić information content (AvgIpc) is 2.52. The normalized spacial score (nSPS) is 11.7. The molecule has 2 aromatic rings. The fourth-order valence-corrected chi connectivity index (χ4v) is 2.35. The van der Waals surface area contributed by atoms with Crippen LogP contribution < -0.4 is 5.32 Å². The number of nitrogens with one attached hydrogen (secondary N) is 1. The lowest BCUT2D eigenvalue weighted by atomic mass is 9.86. The van der Waals surface area contributed by atoms with E-state index in [-0.39, 0.29) is 11.0 Å². The number of hydrogen-bond donors (Lipinski definition) is 1. The number of nitrogens with zero attached hydrogens (tertiary/aromatic N) is 1. The van der Waals surface area contributed by atoms with Crippen LogP contribution in [0.15, 0.2) is 54.1 Å². The molecule has 0 saturated carbocycles. The lowest BCUT2D eigenvalue weighted by Crippen LogP contribution is -2.13. The van der Waals surface area contributed by atoms with Crippen LogP contribution in [-0.2, 0) is 10.2 Å². The molecular formula is C20H19ClN2O. The summed E-state index contributed by atoms with van der Waals surface area (Å²) in [4.78, 5) is 12.2. The summed E-state index contributed by atoms with van der Waals surface area (Å²) in [5.74, 6) is -0.459. The monoisotopic (exact) mass is 338 g/mol. The maximum Gasteiger partial charge on any atom is 0.266 e. The molecule has 2 rings (SSSR count). The maximum atomic E-state index is 12.2. The van der Waals surface area contributed by atoms with Crippen molar-refractivity contribution in [2.45, 2.75) is 26.2 Å². The molecule has 0 spiro atoms. The van der Waals surface area contributed by atoms with Crippen LogP contribution in [0.2, 0.25) is 5.02 Å². The molecule has 2 aromatic carbocycles. The summed E-state index contributed by atoms with van der Waals surface area (Å²) in [6.07, 6.45) is 1.58. The molecule has 0 atom stereocenters. The molecule has 0 aliphatic heterocycles. The van der Waals surface area contributed by atoms with E-state index in [4.69, 9.17) is 11.6 Å². The summed E-state index contributed by atoms with van der Waals surface area (Å²) in [5, 5.41) is 12.5. The van der Waals surface area contributed by atoms with Crippen LogP contribution in [0.25, 0.3) is 6.08 Å². The third-order valence-electron chi connectivity index (χ3n) is 3.54. The second-order valence-corrected chi connectivity index (χ2v) is 6.94. The molecule has 0 heterocycles. The van der Waals surface area contributed by atoms with Gasteiger partial charge < -0.3 is 5.32 Å². The van der Waals surface area contributed by atoms with Crippen molar-refractivity contribution in [1.29, 1.82) is 5.26 Å². The standard InChI is InChI=1S/C20H19ClN2O/c1-20(2,3)16-9-7-14(8-10-16)11-15(13-22)19(24)23-18-6-4-5-17(21)12-18/h4-12H,1-3H3,(H,23,24). The first-order chi connectivity index (χ1) is 11.3. The highest BCUT2D eigenvalue weighted by Gasteiger charge is 2.13. The summed E-state index contributed by atoms with van der Waals surface area (Å²) in [7, 11) is 0. The molecule has 0 aliphatic rings. The minimum absolute atomic E-state index is 0.0403. The van der Waals surface area contributed by atoms with Crippen molar-refractivity contribution in [2.24, 2.45) is 0 Å². The van der Waals surface area contributed by atoms with Crippen molar-refractivity contribution >= 4 is 29.3 Å². The smallest absolute Gasteiger partial charge is 0.266 e. The Morgan fingerprint density at radius 3 is 2.38 bits per heavy atom. The van der Waals surface area contributed by atoms with E-state index >= 15 is 0 Å². The van der Waals surface area contributed by atoms with Gasteiger partial charge in [-0.25, -0.2) is 0 Å². The number of carbonyl (C=O) groups is 1. The highest BCUT2D eigenvalue weighted by Crippen LogP contribution is 2.23. The molecule has 24 heavy (non-hydrogen) atoms. The van der Waals surface area contributed by atoms with Crippen LogP contribution in [0.1, 0.15) is 31.9 Å². The number of carbonyl (C=O) groups excluding carboxylic acids is 1. The van der Waals surface area contributed by atoms with Crippen molar-refractivity contribution < 1.29 is 4.79 Å². The highest BCUT2D eigenvalue weighted by atomic mass is 35.5. The number of benzene rings is 2. The molecular weight excluding hydrogens is 320 g/mol. The predicted octanol–water partition coefficient (Wildman–Crippen LogP) is 5.18. The first-order valence-electron chi connectivity index (χ1n) is 7.59. The van der Waals surface area contributed by atoms with Crippen molar-refractivity contribution in [3.05, 3.63) is 70.3 Å². The quantitative estimate of drug-likeness (QED) is 0.619. The van der Waals surface area contributed by atoms with E-state index in [9.17, 15) is 10.1 Å². The number of anilines is 1. The molecule has 0 aliphatic carbocycles. The van der Waals surface area contributed by atoms with E-state index in [2.05, 4.69) is 26.1 Å². The molecule has 0 aromatic heterocycles. The van der Waals surface area contributed by atoms with E-state index in [0.717, 1.165) is 5.56 Å². The fraction of sp³-hybridized carbons (Fsp3) is 0.200. The molecule has 0 unspecified atom stereocenters. The second kappa shape index (κ2) is 7.33. The zero-order chi connectivity index (χ0) is 17.7. The van der Waals surface area contributed by atoms with Crippen LogP contribution in [0, 0.1) is 11.3 Å². The molecule has 1 N–H and O–H groups in total. The van der Waals surface area contributed by atoms with Crippen LogP contribution in [0.3, 0.4) is 0 Å². The van der Waals surface area contributed by atoms with Gasteiger partial charge in [0.25, 0.3) is 5.91 Å². The number of amides is 1. The van der Waals surface area contributed by atoms with Gasteiger partial charge in [-0.3, -0.25) is 4.79 Å². The van der Waals surface area contributed by atoms with Gasteiger partial charge in [-0.15, -0.1) is 0 Å². The van der Waals surface area contributed by atoms with Gasteiger partial charge in [0.15, 0.2) is 0 Å². The minimum atomic E-state index is -0.459. The van der Waals surface area contributed by atoms with Gasteiger partial charge in [0, 0.05) is 10.7 Å². The lowest BCUT2D eigenvalue weighted by Gasteiger charge is -2.18.